The molecule has 1 amide bonds. The van der Waals surface area contributed by atoms with Gasteiger partial charge in [-0.05, 0) is 39.8 Å². The summed E-state index contributed by atoms with van der Waals surface area (Å²) in [5.41, 5.74) is 5.62. The molecule has 0 aliphatic heterocycles. The highest BCUT2D eigenvalue weighted by molar-refractivity contribution is 5.75. The maximum Gasteiger partial charge on any atom is 0.222 e. The zero-order chi connectivity index (χ0) is 11.7. The number of nitrogens with two attached hydrogens (primary N) is 1. The van der Waals surface area contributed by atoms with E-state index in [9.17, 15) is 4.79 Å². The largest absolute Gasteiger partial charge is 0.346 e. The van der Waals surface area contributed by atoms with E-state index in [1.807, 2.05) is 21.0 Å². The van der Waals surface area contributed by atoms with Crippen LogP contribution in [0.2, 0.25) is 0 Å². The maximum atomic E-state index is 11.6. The smallest absolute Gasteiger partial charge is 0.222 e. The molecule has 3 N–H and O–H groups in total. The summed E-state index contributed by atoms with van der Waals surface area (Å²) in [6.07, 6.45) is 3.45. The third-order valence-corrected chi connectivity index (χ3v) is 2.40. The van der Waals surface area contributed by atoms with Crippen LogP contribution < -0.4 is 11.1 Å². The van der Waals surface area contributed by atoms with E-state index < -0.39 is 0 Å². The predicted octanol–water partition coefficient (Wildman–Crippen LogP) is 0.572. The number of carbonyl (C=O) groups is 1. The molecule has 0 aromatic carbocycles. The molecule has 0 saturated heterocycles. The highest BCUT2D eigenvalue weighted by Crippen LogP contribution is 2.01. The van der Waals surface area contributed by atoms with Crippen LogP contribution in [0.5, 0.6) is 0 Å². The minimum Gasteiger partial charge on any atom is -0.346 e. The topological polar surface area (TPSA) is 58.4 Å². The molecule has 0 radical (unpaired) electrons. The Balaban J connectivity index is 3.51. The Morgan fingerprint density at radius 2 is 2.13 bits per heavy atom. The van der Waals surface area contributed by atoms with Crippen LogP contribution in [0, 0.1) is 0 Å². The van der Waals surface area contributed by atoms with Crippen molar-refractivity contribution in [2.24, 2.45) is 5.73 Å². The first-order valence-electron chi connectivity index (χ1n) is 5.72. The van der Waals surface area contributed by atoms with E-state index in [4.69, 9.17) is 5.73 Å². The van der Waals surface area contributed by atoms with Gasteiger partial charge >= 0.3 is 0 Å². The molecule has 0 aromatic rings. The van der Waals surface area contributed by atoms with E-state index in [0.29, 0.717) is 6.42 Å². The summed E-state index contributed by atoms with van der Waals surface area (Å²) in [4.78, 5) is 13.4. The average Bonchev–Trinajstić information content (AvgIpc) is 2.17. The summed E-state index contributed by atoms with van der Waals surface area (Å²) >= 11 is 0. The lowest BCUT2D eigenvalue weighted by molar-refractivity contribution is -0.130. The molecular weight excluding hydrogens is 190 g/mol. The zero-order valence-corrected chi connectivity index (χ0v) is 10.3. The molecule has 15 heavy (non-hydrogen) atoms. The maximum absolute atomic E-state index is 11.6. The average molecular weight is 215 g/mol. The molecule has 0 fully saturated rings. The van der Waals surface area contributed by atoms with Gasteiger partial charge in [0.25, 0.3) is 0 Å². The van der Waals surface area contributed by atoms with Gasteiger partial charge in [0, 0.05) is 26.1 Å². The normalized spacial score (nSPS) is 12.5. The molecule has 0 aromatic heterocycles. The molecule has 4 nitrogen and oxygen atoms in total. The Morgan fingerprint density at radius 1 is 1.47 bits per heavy atom. The Labute approximate surface area is 93.2 Å². The lowest BCUT2D eigenvalue weighted by Gasteiger charge is -2.17. The lowest BCUT2D eigenvalue weighted by Crippen LogP contribution is -2.29. The van der Waals surface area contributed by atoms with Crippen molar-refractivity contribution in [1.82, 2.24) is 10.2 Å². The quantitative estimate of drug-likeness (QED) is 0.582. The van der Waals surface area contributed by atoms with Crippen molar-refractivity contribution in [1.29, 1.82) is 0 Å². The second-order valence-electron chi connectivity index (χ2n) is 4.14. The molecule has 0 rings (SSSR count). The van der Waals surface area contributed by atoms with Crippen LogP contribution in [0.15, 0.2) is 0 Å². The SMILES string of the molecule is CNCCCN(C)C(=O)CCCC(C)N. The minimum absolute atomic E-state index is 0.201. The molecule has 0 spiro atoms. The van der Waals surface area contributed by atoms with Crippen LogP contribution in [0.1, 0.15) is 32.6 Å². The van der Waals surface area contributed by atoms with Gasteiger partial charge in [-0.1, -0.05) is 0 Å². The van der Waals surface area contributed by atoms with Crippen molar-refractivity contribution in [2.45, 2.75) is 38.6 Å². The molecule has 1 atom stereocenters. The number of nitrogens with one attached hydrogen (secondary N) is 1. The van der Waals surface area contributed by atoms with Crippen molar-refractivity contribution in [3.63, 3.8) is 0 Å². The highest BCUT2D eigenvalue weighted by Gasteiger charge is 2.07. The first-order chi connectivity index (χ1) is 7.07. The second-order valence-corrected chi connectivity index (χ2v) is 4.14. The Kier molecular flexibility index (Phi) is 8.33. The van der Waals surface area contributed by atoms with Crippen molar-refractivity contribution in [3.05, 3.63) is 0 Å². The molecule has 90 valence electrons. The van der Waals surface area contributed by atoms with E-state index in [-0.39, 0.29) is 11.9 Å². The van der Waals surface area contributed by atoms with Gasteiger partial charge in [0.05, 0.1) is 0 Å². The van der Waals surface area contributed by atoms with Gasteiger partial charge in [-0.2, -0.15) is 0 Å². The summed E-state index contributed by atoms with van der Waals surface area (Å²) in [7, 11) is 3.79. The summed E-state index contributed by atoms with van der Waals surface area (Å²) in [5, 5.41) is 3.07. The summed E-state index contributed by atoms with van der Waals surface area (Å²) < 4.78 is 0. The number of amides is 1. The van der Waals surface area contributed by atoms with Crippen molar-refractivity contribution in [3.8, 4) is 0 Å². The first kappa shape index (κ1) is 14.4. The number of hydrogen-bond donors (Lipinski definition) is 2. The fraction of sp³-hybridized carbons (Fsp3) is 0.909. The van der Waals surface area contributed by atoms with Crippen LogP contribution in [-0.4, -0.2) is 44.0 Å². The fourth-order valence-corrected chi connectivity index (χ4v) is 1.38. The monoisotopic (exact) mass is 215 g/mol. The molecule has 0 aliphatic carbocycles. The van der Waals surface area contributed by atoms with Crippen molar-refractivity contribution in [2.75, 3.05) is 27.2 Å². The van der Waals surface area contributed by atoms with Crippen LogP contribution in [0.3, 0.4) is 0 Å². The van der Waals surface area contributed by atoms with Crippen LogP contribution >= 0.6 is 0 Å². The third kappa shape index (κ3) is 8.39. The lowest BCUT2D eigenvalue weighted by atomic mass is 10.1. The number of carbonyl (C=O) groups excluding carboxylic acids is 1. The third-order valence-electron chi connectivity index (χ3n) is 2.40. The summed E-state index contributed by atoms with van der Waals surface area (Å²) in [5.74, 6) is 0.228. The zero-order valence-electron chi connectivity index (χ0n) is 10.3. The van der Waals surface area contributed by atoms with Gasteiger partial charge in [-0.3, -0.25) is 4.79 Å². The van der Waals surface area contributed by atoms with Gasteiger partial charge < -0.3 is 16.0 Å². The fourth-order valence-electron chi connectivity index (χ4n) is 1.38. The predicted molar refractivity (Wildman–Crippen MR) is 63.7 cm³/mol. The number of rotatable bonds is 8. The van der Waals surface area contributed by atoms with E-state index in [0.717, 1.165) is 32.4 Å². The van der Waals surface area contributed by atoms with E-state index >= 15 is 0 Å². The Morgan fingerprint density at radius 3 is 2.67 bits per heavy atom. The Bertz CT molecular complexity index is 171. The summed E-state index contributed by atoms with van der Waals surface area (Å²) in [6, 6.07) is 0.201. The molecular formula is C11H25N3O. The highest BCUT2D eigenvalue weighted by atomic mass is 16.2. The van der Waals surface area contributed by atoms with Gasteiger partial charge in [-0.25, -0.2) is 0 Å². The van der Waals surface area contributed by atoms with Gasteiger partial charge in [0.15, 0.2) is 0 Å². The summed E-state index contributed by atoms with van der Waals surface area (Å²) in [6.45, 7) is 3.76. The number of hydrogen-bond acceptors (Lipinski definition) is 3. The van der Waals surface area contributed by atoms with Crippen LogP contribution in [-0.2, 0) is 4.79 Å². The Hall–Kier alpha value is -0.610. The van der Waals surface area contributed by atoms with Gasteiger partial charge in [-0.15, -0.1) is 0 Å². The minimum atomic E-state index is 0.201. The van der Waals surface area contributed by atoms with E-state index in [1.54, 1.807) is 4.90 Å². The molecule has 1 unspecified atom stereocenters. The second kappa shape index (κ2) is 8.68. The molecule has 0 aliphatic rings. The van der Waals surface area contributed by atoms with Crippen LogP contribution in [0.25, 0.3) is 0 Å². The molecule has 4 heteroatoms. The first-order valence-corrected chi connectivity index (χ1v) is 5.72. The number of nitrogens with zero attached hydrogens (tertiary/aromatic N) is 1. The van der Waals surface area contributed by atoms with Crippen LogP contribution in [0.4, 0.5) is 0 Å². The van der Waals surface area contributed by atoms with E-state index in [1.165, 1.54) is 0 Å². The standard InChI is InChI=1S/C11H25N3O/c1-10(12)6-4-7-11(15)14(3)9-5-8-13-2/h10,13H,4-9,12H2,1-3H3. The molecule has 0 bridgehead atoms. The molecule has 0 heterocycles. The molecule has 0 saturated carbocycles. The van der Waals surface area contributed by atoms with Gasteiger partial charge in [0.1, 0.15) is 0 Å². The van der Waals surface area contributed by atoms with E-state index in [2.05, 4.69) is 5.32 Å². The van der Waals surface area contributed by atoms with Gasteiger partial charge in [0.2, 0.25) is 5.91 Å². The van der Waals surface area contributed by atoms with Crippen molar-refractivity contribution < 1.29 is 4.79 Å². The van der Waals surface area contributed by atoms with Crippen molar-refractivity contribution >= 4 is 5.91 Å².